The van der Waals surface area contributed by atoms with Crippen LogP contribution in [0.3, 0.4) is 0 Å². The molecule has 23 heavy (non-hydrogen) atoms. The number of hydrogen-bond donors (Lipinski definition) is 4. The van der Waals surface area contributed by atoms with Gasteiger partial charge in [0, 0.05) is 5.39 Å². The van der Waals surface area contributed by atoms with Crippen LogP contribution < -0.4 is 5.32 Å². The van der Waals surface area contributed by atoms with Crippen LogP contribution in [-0.2, 0) is 9.59 Å². The zero-order valence-corrected chi connectivity index (χ0v) is 12.3. The minimum Gasteiger partial charge on any atom is -0.480 e. The number of benzene rings is 1. The third-order valence-electron chi connectivity index (χ3n) is 4.25. The van der Waals surface area contributed by atoms with Crippen molar-refractivity contribution in [1.82, 2.24) is 15.5 Å². The number of allylic oxidation sites excluding steroid dienone is 1. The van der Waals surface area contributed by atoms with Gasteiger partial charge in [-0.15, -0.1) is 0 Å². The molecule has 0 spiro atoms. The number of H-pyrrole nitrogens is 1. The number of hydrogen-bond acceptors (Lipinski definition) is 4. The van der Waals surface area contributed by atoms with E-state index in [4.69, 9.17) is 5.11 Å². The molecule has 3 rings (SSSR count). The molecule has 1 aliphatic carbocycles. The number of amides is 1. The molecule has 1 aliphatic rings. The monoisotopic (exact) mass is 315 g/mol. The summed E-state index contributed by atoms with van der Waals surface area (Å²) >= 11 is 0. The van der Waals surface area contributed by atoms with E-state index >= 15 is 0 Å². The van der Waals surface area contributed by atoms with Crippen LogP contribution in [0.5, 0.6) is 0 Å². The predicted octanol–water partition coefficient (Wildman–Crippen LogP) is 0.775. The number of carboxylic acids is 1. The van der Waals surface area contributed by atoms with Crippen molar-refractivity contribution in [3.8, 4) is 0 Å². The fourth-order valence-electron chi connectivity index (χ4n) is 2.72. The summed E-state index contributed by atoms with van der Waals surface area (Å²) in [5.41, 5.74) is 1.03. The molecule has 1 aromatic heterocycles. The first kappa shape index (κ1) is 15.2. The van der Waals surface area contributed by atoms with Crippen molar-refractivity contribution in [2.45, 2.75) is 6.42 Å². The highest BCUT2D eigenvalue weighted by Crippen LogP contribution is 2.53. The number of rotatable bonds is 6. The molecule has 7 nitrogen and oxygen atoms in total. The largest absolute Gasteiger partial charge is 0.480 e. The van der Waals surface area contributed by atoms with Crippen molar-refractivity contribution in [3.05, 3.63) is 36.0 Å². The fraction of sp³-hybridized carbons (Fsp3) is 0.312. The summed E-state index contributed by atoms with van der Waals surface area (Å²) in [6, 6.07) is 5.83. The predicted molar refractivity (Wildman–Crippen MR) is 83.4 cm³/mol. The molecule has 4 N–H and O–H groups in total. The minimum absolute atomic E-state index is 0.0960. The summed E-state index contributed by atoms with van der Waals surface area (Å²) in [5, 5.41) is 28.3. The highest BCUT2D eigenvalue weighted by Gasteiger charge is 2.58. The molecule has 0 aliphatic heterocycles. The number of fused-ring (bicyclic) bond motifs is 1. The Kier molecular flexibility index (Phi) is 3.87. The van der Waals surface area contributed by atoms with Gasteiger partial charge in [0.05, 0.1) is 23.7 Å². The maximum atomic E-state index is 12.0. The molecule has 1 heterocycles. The normalized spacial score (nSPS) is 23.3. The van der Waals surface area contributed by atoms with Crippen LogP contribution >= 0.6 is 0 Å². The molecule has 0 radical (unpaired) electrons. The van der Waals surface area contributed by atoms with E-state index in [1.165, 1.54) is 0 Å². The maximum Gasteiger partial charge on any atom is 0.322 e. The molecule has 7 heteroatoms. The van der Waals surface area contributed by atoms with Crippen LogP contribution in [0.15, 0.2) is 30.5 Å². The molecular weight excluding hydrogens is 298 g/mol. The number of carbonyl (C=O) groups is 2. The Morgan fingerprint density at radius 2 is 2.30 bits per heavy atom. The first-order chi connectivity index (χ1) is 11.0. The third-order valence-corrected chi connectivity index (χ3v) is 4.25. The van der Waals surface area contributed by atoms with Crippen molar-refractivity contribution in [2.75, 3.05) is 13.2 Å². The zero-order valence-electron chi connectivity index (χ0n) is 12.3. The Labute approximate surface area is 132 Å². The lowest BCUT2D eigenvalue weighted by molar-refractivity contribution is -0.139. The van der Waals surface area contributed by atoms with Gasteiger partial charge in [0.2, 0.25) is 5.91 Å². The van der Waals surface area contributed by atoms with E-state index in [1.807, 2.05) is 30.4 Å². The second kappa shape index (κ2) is 5.85. The van der Waals surface area contributed by atoms with Crippen molar-refractivity contribution < 1.29 is 19.8 Å². The summed E-state index contributed by atoms with van der Waals surface area (Å²) in [5.74, 6) is -1.61. The Hall–Kier alpha value is -2.67. The van der Waals surface area contributed by atoms with E-state index in [0.29, 0.717) is 6.42 Å². The summed E-state index contributed by atoms with van der Waals surface area (Å²) in [6.45, 7) is -0.734. The van der Waals surface area contributed by atoms with Crippen LogP contribution in [0.25, 0.3) is 17.0 Å². The average molecular weight is 315 g/mol. The van der Waals surface area contributed by atoms with Gasteiger partial charge in [-0.3, -0.25) is 14.7 Å². The van der Waals surface area contributed by atoms with Crippen LogP contribution in [0, 0.1) is 11.3 Å². The maximum absolute atomic E-state index is 12.0. The number of aliphatic hydroxyl groups is 1. The molecule has 1 fully saturated rings. The molecule has 2 unspecified atom stereocenters. The van der Waals surface area contributed by atoms with Gasteiger partial charge in [0.1, 0.15) is 6.54 Å². The van der Waals surface area contributed by atoms with Crippen molar-refractivity contribution in [3.63, 3.8) is 0 Å². The second-order valence-electron chi connectivity index (χ2n) is 5.78. The van der Waals surface area contributed by atoms with Gasteiger partial charge >= 0.3 is 5.97 Å². The second-order valence-corrected chi connectivity index (χ2v) is 5.78. The Morgan fingerprint density at radius 3 is 3.04 bits per heavy atom. The first-order valence-electron chi connectivity index (χ1n) is 7.27. The van der Waals surface area contributed by atoms with E-state index < -0.39 is 23.8 Å². The van der Waals surface area contributed by atoms with Crippen molar-refractivity contribution in [2.24, 2.45) is 11.3 Å². The van der Waals surface area contributed by atoms with E-state index in [9.17, 15) is 14.7 Å². The molecule has 1 amide bonds. The van der Waals surface area contributed by atoms with Gasteiger partial charge in [0.15, 0.2) is 0 Å². The molecule has 0 bridgehead atoms. The number of aromatic amines is 1. The van der Waals surface area contributed by atoms with Crippen LogP contribution in [0.1, 0.15) is 12.0 Å². The SMILES string of the molecule is O=C(O)CNC(=O)C1(CO)CC1C=Cc1ccc2[nH]ncc2c1. The van der Waals surface area contributed by atoms with Gasteiger partial charge in [0.25, 0.3) is 0 Å². The van der Waals surface area contributed by atoms with E-state index in [1.54, 1.807) is 6.20 Å². The number of carboxylic acid groups (broad SMARTS) is 1. The van der Waals surface area contributed by atoms with E-state index in [-0.39, 0.29) is 12.5 Å². The Bertz CT molecular complexity index is 782. The average Bonchev–Trinajstić information content (AvgIpc) is 3.08. The lowest BCUT2D eigenvalue weighted by atomic mass is 10.0. The minimum atomic E-state index is -1.10. The van der Waals surface area contributed by atoms with E-state index in [2.05, 4.69) is 15.5 Å². The highest BCUT2D eigenvalue weighted by atomic mass is 16.4. The molecule has 2 atom stereocenters. The van der Waals surface area contributed by atoms with Gasteiger partial charge in [-0.2, -0.15) is 5.10 Å². The van der Waals surface area contributed by atoms with Crippen LogP contribution in [-0.4, -0.2) is 45.4 Å². The standard InChI is InChI=1S/C16H17N3O4/c20-9-16(15(23)17-8-14(21)22)6-12(16)3-1-10-2-4-13-11(5-10)7-18-19-13/h1-5,7,12,20H,6,8-9H2,(H,17,23)(H,18,19)(H,21,22). The van der Waals surface area contributed by atoms with Gasteiger partial charge in [-0.25, -0.2) is 0 Å². The van der Waals surface area contributed by atoms with Crippen molar-refractivity contribution in [1.29, 1.82) is 0 Å². The molecule has 1 aromatic carbocycles. The Morgan fingerprint density at radius 1 is 1.48 bits per heavy atom. The molecule has 2 aromatic rings. The summed E-state index contributed by atoms with van der Waals surface area (Å²) < 4.78 is 0. The zero-order chi connectivity index (χ0) is 16.4. The first-order valence-corrected chi connectivity index (χ1v) is 7.27. The fourth-order valence-corrected chi connectivity index (χ4v) is 2.72. The number of aliphatic hydroxyl groups excluding tert-OH is 1. The molecule has 1 saturated carbocycles. The summed E-state index contributed by atoms with van der Waals surface area (Å²) in [6.07, 6.45) is 6.04. The molecule has 0 saturated heterocycles. The lowest BCUT2D eigenvalue weighted by Gasteiger charge is -2.12. The lowest BCUT2D eigenvalue weighted by Crippen LogP contribution is -2.38. The summed E-state index contributed by atoms with van der Waals surface area (Å²) in [4.78, 5) is 22.6. The third kappa shape index (κ3) is 2.95. The van der Waals surface area contributed by atoms with Gasteiger partial charge in [-0.1, -0.05) is 18.2 Å². The van der Waals surface area contributed by atoms with Crippen LogP contribution in [0.2, 0.25) is 0 Å². The summed E-state index contributed by atoms with van der Waals surface area (Å²) in [7, 11) is 0. The van der Waals surface area contributed by atoms with Crippen LogP contribution in [0.4, 0.5) is 0 Å². The number of aliphatic carboxylic acids is 1. The Balaban J connectivity index is 1.68. The topological polar surface area (TPSA) is 115 Å². The number of nitrogens with zero attached hydrogens (tertiary/aromatic N) is 1. The highest BCUT2D eigenvalue weighted by molar-refractivity contribution is 5.89. The molecule has 120 valence electrons. The number of carbonyl (C=O) groups excluding carboxylic acids is 1. The van der Waals surface area contributed by atoms with Gasteiger partial charge in [-0.05, 0) is 30.0 Å². The molecular formula is C16H17N3O4. The van der Waals surface area contributed by atoms with E-state index in [0.717, 1.165) is 16.5 Å². The van der Waals surface area contributed by atoms with Crippen molar-refractivity contribution >= 4 is 28.9 Å². The number of aromatic nitrogens is 2. The van der Waals surface area contributed by atoms with Gasteiger partial charge < -0.3 is 15.5 Å². The number of nitrogens with one attached hydrogen (secondary N) is 2. The quantitative estimate of drug-likeness (QED) is 0.628. The smallest absolute Gasteiger partial charge is 0.322 e.